The third-order valence-electron chi connectivity index (χ3n) is 3.38. The number of hydrogen-bond donors (Lipinski definition) is 2. The second-order valence-electron chi connectivity index (χ2n) is 5.46. The highest BCUT2D eigenvalue weighted by Gasteiger charge is 2.16. The van der Waals surface area contributed by atoms with Crippen LogP contribution in [0.25, 0.3) is 5.95 Å². The number of nitrogens with one attached hydrogen (secondary N) is 1. The molecular formula is C15H15F2N7OS. The molecule has 0 bridgehead atoms. The molecule has 136 valence electrons. The van der Waals surface area contributed by atoms with Gasteiger partial charge in [-0.05, 0) is 32.0 Å². The lowest BCUT2D eigenvalue weighted by molar-refractivity contribution is -0.113. The normalized spacial score (nSPS) is 10.9. The Bertz CT molecular complexity index is 969. The minimum absolute atomic E-state index is 0.0363. The molecule has 1 amide bonds. The summed E-state index contributed by atoms with van der Waals surface area (Å²) in [6.45, 7) is 3.70. The van der Waals surface area contributed by atoms with Gasteiger partial charge in [0.2, 0.25) is 11.1 Å². The molecular weight excluding hydrogens is 364 g/mol. The molecule has 0 unspecified atom stereocenters. The van der Waals surface area contributed by atoms with E-state index >= 15 is 0 Å². The fourth-order valence-electron chi connectivity index (χ4n) is 2.24. The summed E-state index contributed by atoms with van der Waals surface area (Å²) in [6.07, 6.45) is 0. The second-order valence-corrected chi connectivity index (χ2v) is 6.40. The molecule has 1 aromatic carbocycles. The molecule has 26 heavy (non-hydrogen) atoms. The summed E-state index contributed by atoms with van der Waals surface area (Å²) in [5.74, 6) is 3.82. The van der Waals surface area contributed by atoms with Crippen molar-refractivity contribution in [2.45, 2.75) is 19.0 Å². The van der Waals surface area contributed by atoms with Gasteiger partial charge in [0.1, 0.15) is 0 Å². The molecule has 0 atom stereocenters. The topological polar surface area (TPSA) is 104 Å². The van der Waals surface area contributed by atoms with Gasteiger partial charge in [0, 0.05) is 17.4 Å². The number of nitrogens with two attached hydrogens (primary N) is 1. The molecule has 0 aliphatic rings. The number of hydrogen-bond acceptors (Lipinski definition) is 6. The molecule has 3 aromatic rings. The molecule has 0 spiro atoms. The maximum absolute atomic E-state index is 13.2. The van der Waals surface area contributed by atoms with E-state index in [1.165, 1.54) is 10.7 Å². The van der Waals surface area contributed by atoms with Crippen LogP contribution < -0.4 is 11.2 Å². The maximum atomic E-state index is 13.2. The fraction of sp³-hybridized carbons (Fsp3) is 0.200. The molecule has 0 saturated carbocycles. The summed E-state index contributed by atoms with van der Waals surface area (Å²) in [7, 11) is 0. The number of benzene rings is 1. The number of carbonyl (C=O) groups is 1. The summed E-state index contributed by atoms with van der Waals surface area (Å²) in [5.41, 5.74) is 1.81. The summed E-state index contributed by atoms with van der Waals surface area (Å²) in [5, 5.41) is 15.0. The van der Waals surface area contributed by atoms with Crippen LogP contribution in [0.2, 0.25) is 0 Å². The zero-order valence-corrected chi connectivity index (χ0v) is 14.7. The number of amides is 1. The molecule has 0 saturated heterocycles. The lowest BCUT2D eigenvalue weighted by Gasteiger charge is -2.06. The van der Waals surface area contributed by atoms with Gasteiger partial charge in [0.15, 0.2) is 11.6 Å². The Hall–Kier alpha value is -2.95. The van der Waals surface area contributed by atoms with Gasteiger partial charge in [0.25, 0.3) is 5.95 Å². The molecule has 2 aromatic heterocycles. The Morgan fingerprint density at radius 2 is 2.00 bits per heavy atom. The average molecular weight is 379 g/mol. The van der Waals surface area contributed by atoms with E-state index in [1.54, 1.807) is 4.68 Å². The predicted octanol–water partition coefficient (Wildman–Crippen LogP) is 1.80. The number of thioether (sulfide) groups is 1. The zero-order chi connectivity index (χ0) is 18.8. The van der Waals surface area contributed by atoms with Crippen LogP contribution in [-0.2, 0) is 4.79 Å². The summed E-state index contributed by atoms with van der Waals surface area (Å²) >= 11 is 1.05. The number of aryl methyl sites for hydroxylation is 2. The van der Waals surface area contributed by atoms with Gasteiger partial charge in [-0.15, -0.1) is 10.2 Å². The highest BCUT2D eigenvalue weighted by Crippen LogP contribution is 2.18. The van der Waals surface area contributed by atoms with Gasteiger partial charge in [-0.1, -0.05) is 11.8 Å². The zero-order valence-electron chi connectivity index (χ0n) is 13.9. The second kappa shape index (κ2) is 7.12. The van der Waals surface area contributed by atoms with E-state index in [2.05, 4.69) is 20.6 Å². The Morgan fingerprint density at radius 1 is 1.23 bits per heavy atom. The van der Waals surface area contributed by atoms with Crippen LogP contribution >= 0.6 is 11.8 Å². The predicted molar refractivity (Wildman–Crippen MR) is 92.5 cm³/mol. The molecule has 3 rings (SSSR count). The summed E-state index contributed by atoms with van der Waals surface area (Å²) in [6, 6.07) is 4.99. The smallest absolute Gasteiger partial charge is 0.271 e. The van der Waals surface area contributed by atoms with Crippen LogP contribution in [0.1, 0.15) is 11.4 Å². The first-order valence-electron chi connectivity index (χ1n) is 7.47. The van der Waals surface area contributed by atoms with Gasteiger partial charge >= 0.3 is 0 Å². The highest BCUT2D eigenvalue weighted by molar-refractivity contribution is 7.99. The van der Waals surface area contributed by atoms with Crippen LogP contribution in [0.3, 0.4) is 0 Å². The lowest BCUT2D eigenvalue weighted by Crippen LogP contribution is -2.18. The van der Waals surface area contributed by atoms with E-state index in [4.69, 9.17) is 5.84 Å². The SMILES string of the molecule is Cc1cc(C)n(-c2nnc(SCC(=O)Nc3ccc(F)c(F)c3)n2N)n1. The van der Waals surface area contributed by atoms with E-state index in [0.29, 0.717) is 11.1 Å². The Balaban J connectivity index is 1.65. The van der Waals surface area contributed by atoms with Crippen molar-refractivity contribution in [3.8, 4) is 5.95 Å². The number of nitrogen functional groups attached to an aromatic ring is 1. The first-order chi connectivity index (χ1) is 12.3. The lowest BCUT2D eigenvalue weighted by atomic mass is 10.3. The number of nitrogens with zero attached hydrogens (tertiary/aromatic N) is 5. The maximum Gasteiger partial charge on any atom is 0.271 e. The minimum atomic E-state index is -1.04. The van der Waals surface area contributed by atoms with Crippen molar-refractivity contribution in [1.82, 2.24) is 24.7 Å². The van der Waals surface area contributed by atoms with Crippen molar-refractivity contribution in [2.24, 2.45) is 0 Å². The Labute approximate surface area is 151 Å². The van der Waals surface area contributed by atoms with E-state index < -0.39 is 17.5 Å². The number of rotatable bonds is 5. The van der Waals surface area contributed by atoms with Gasteiger partial charge in [-0.3, -0.25) is 4.79 Å². The van der Waals surface area contributed by atoms with Crippen molar-refractivity contribution in [3.63, 3.8) is 0 Å². The first-order valence-corrected chi connectivity index (χ1v) is 8.45. The van der Waals surface area contributed by atoms with Gasteiger partial charge in [-0.2, -0.15) is 5.10 Å². The van der Waals surface area contributed by atoms with E-state index in [0.717, 1.165) is 35.3 Å². The highest BCUT2D eigenvalue weighted by atomic mass is 32.2. The van der Waals surface area contributed by atoms with Crippen LogP contribution in [0.4, 0.5) is 14.5 Å². The van der Waals surface area contributed by atoms with Crippen molar-refractivity contribution < 1.29 is 13.6 Å². The molecule has 11 heteroatoms. The molecule has 0 fully saturated rings. The van der Waals surface area contributed by atoms with Crippen LogP contribution in [0.15, 0.2) is 29.4 Å². The number of halogens is 2. The third kappa shape index (κ3) is 3.67. The van der Waals surface area contributed by atoms with Crippen LogP contribution in [0.5, 0.6) is 0 Å². The van der Waals surface area contributed by atoms with Crippen molar-refractivity contribution >= 4 is 23.4 Å². The average Bonchev–Trinajstić information content (AvgIpc) is 3.10. The molecule has 8 nitrogen and oxygen atoms in total. The Kier molecular flexibility index (Phi) is 4.89. The number of aromatic nitrogens is 5. The quantitative estimate of drug-likeness (QED) is 0.518. The van der Waals surface area contributed by atoms with Crippen molar-refractivity contribution in [1.29, 1.82) is 0 Å². The van der Waals surface area contributed by atoms with Crippen molar-refractivity contribution in [3.05, 3.63) is 47.3 Å². The van der Waals surface area contributed by atoms with Crippen LogP contribution in [0, 0.1) is 25.5 Å². The van der Waals surface area contributed by atoms with Crippen molar-refractivity contribution in [2.75, 3.05) is 16.9 Å². The van der Waals surface area contributed by atoms with Gasteiger partial charge in [0.05, 0.1) is 11.4 Å². The van der Waals surface area contributed by atoms with E-state index in [-0.39, 0.29) is 11.4 Å². The number of anilines is 1. The molecule has 0 aliphatic carbocycles. The number of carbonyl (C=O) groups excluding carboxylic acids is 1. The largest absolute Gasteiger partial charge is 0.334 e. The summed E-state index contributed by atoms with van der Waals surface area (Å²) in [4.78, 5) is 12.0. The van der Waals surface area contributed by atoms with E-state index in [1.807, 2.05) is 19.9 Å². The standard InChI is InChI=1S/C15H15F2N7OS/c1-8-5-9(2)24(22-8)14-20-21-15(23(14)18)26-7-13(25)19-10-3-4-11(16)12(17)6-10/h3-6H,7,18H2,1-2H3,(H,19,25). The summed E-state index contributed by atoms with van der Waals surface area (Å²) < 4.78 is 28.8. The Morgan fingerprint density at radius 3 is 2.65 bits per heavy atom. The molecule has 3 N–H and O–H groups in total. The van der Waals surface area contributed by atoms with E-state index in [9.17, 15) is 13.6 Å². The van der Waals surface area contributed by atoms with Gasteiger partial charge in [-0.25, -0.2) is 18.1 Å². The molecule has 0 radical (unpaired) electrons. The molecule has 0 aliphatic heterocycles. The molecule has 2 heterocycles. The van der Waals surface area contributed by atoms with Crippen LogP contribution in [-0.4, -0.2) is 36.3 Å². The first kappa shape index (κ1) is 17.9. The fourth-order valence-corrected chi connectivity index (χ4v) is 2.90. The minimum Gasteiger partial charge on any atom is -0.334 e. The van der Waals surface area contributed by atoms with Gasteiger partial charge < -0.3 is 11.2 Å². The monoisotopic (exact) mass is 379 g/mol. The third-order valence-corrected chi connectivity index (χ3v) is 4.32.